The SMILES string of the molecule is CCNC(=NCc1sccc1C)NCCNC(=O)Cc1ccc(F)cc1.I. The Bertz CT molecular complexity index is 734. The molecule has 5 nitrogen and oxygen atoms in total. The molecule has 2 rings (SSSR count). The van der Waals surface area contributed by atoms with Crippen LogP contribution in [0.5, 0.6) is 0 Å². The first-order chi connectivity index (χ1) is 12.6. The molecule has 0 aliphatic carbocycles. The highest BCUT2D eigenvalue weighted by Gasteiger charge is 2.04. The number of halogens is 2. The van der Waals surface area contributed by atoms with Gasteiger partial charge in [-0.25, -0.2) is 9.38 Å². The van der Waals surface area contributed by atoms with Gasteiger partial charge in [-0.2, -0.15) is 0 Å². The van der Waals surface area contributed by atoms with Crippen molar-refractivity contribution in [1.82, 2.24) is 16.0 Å². The first-order valence-electron chi connectivity index (χ1n) is 8.64. The molecule has 0 aliphatic heterocycles. The summed E-state index contributed by atoms with van der Waals surface area (Å²) in [6.07, 6.45) is 0.242. The van der Waals surface area contributed by atoms with E-state index in [0.717, 1.165) is 18.1 Å². The maximum atomic E-state index is 12.9. The Kier molecular flexibility index (Phi) is 11.0. The van der Waals surface area contributed by atoms with E-state index < -0.39 is 0 Å². The Morgan fingerprint density at radius 3 is 2.44 bits per heavy atom. The molecule has 27 heavy (non-hydrogen) atoms. The molecule has 0 unspecified atom stereocenters. The molecule has 3 N–H and O–H groups in total. The monoisotopic (exact) mass is 504 g/mol. The molecule has 2 aromatic rings. The Morgan fingerprint density at radius 1 is 1.11 bits per heavy atom. The third-order valence-electron chi connectivity index (χ3n) is 3.71. The molecule has 0 fully saturated rings. The van der Waals surface area contributed by atoms with Gasteiger partial charge in [-0.1, -0.05) is 12.1 Å². The van der Waals surface area contributed by atoms with Crippen LogP contribution in [0.1, 0.15) is 22.9 Å². The summed E-state index contributed by atoms with van der Waals surface area (Å²) in [6.45, 7) is 6.56. The van der Waals surface area contributed by atoms with Crippen LogP contribution < -0.4 is 16.0 Å². The van der Waals surface area contributed by atoms with Crippen molar-refractivity contribution >= 4 is 47.2 Å². The Hall–Kier alpha value is -1.68. The Balaban J connectivity index is 0.00000364. The summed E-state index contributed by atoms with van der Waals surface area (Å²) in [5.74, 6) is 0.342. The molecule has 0 spiro atoms. The van der Waals surface area contributed by atoms with Crippen LogP contribution in [-0.2, 0) is 17.8 Å². The van der Waals surface area contributed by atoms with Crippen LogP contribution in [-0.4, -0.2) is 31.5 Å². The molecule has 0 atom stereocenters. The van der Waals surface area contributed by atoms with Crippen LogP contribution in [0.25, 0.3) is 0 Å². The number of nitrogens with one attached hydrogen (secondary N) is 3. The second-order valence-corrected chi connectivity index (χ2v) is 6.80. The van der Waals surface area contributed by atoms with E-state index in [1.54, 1.807) is 23.5 Å². The van der Waals surface area contributed by atoms with E-state index in [0.29, 0.717) is 19.6 Å². The van der Waals surface area contributed by atoms with Gasteiger partial charge in [0.25, 0.3) is 0 Å². The minimum Gasteiger partial charge on any atom is -0.357 e. The summed E-state index contributed by atoms with van der Waals surface area (Å²) in [7, 11) is 0. The third-order valence-corrected chi connectivity index (χ3v) is 4.72. The number of rotatable bonds is 8. The Labute approximate surface area is 180 Å². The van der Waals surface area contributed by atoms with E-state index in [4.69, 9.17) is 0 Å². The zero-order chi connectivity index (χ0) is 18.8. The molecule has 0 aliphatic rings. The van der Waals surface area contributed by atoms with Gasteiger partial charge in [0.15, 0.2) is 5.96 Å². The molecule has 0 radical (unpaired) electrons. The fourth-order valence-corrected chi connectivity index (χ4v) is 3.12. The lowest BCUT2D eigenvalue weighted by Gasteiger charge is -2.12. The number of thiophene rings is 1. The van der Waals surface area contributed by atoms with Gasteiger partial charge in [0.05, 0.1) is 13.0 Å². The van der Waals surface area contributed by atoms with Gasteiger partial charge in [-0.05, 0) is 48.6 Å². The van der Waals surface area contributed by atoms with E-state index in [2.05, 4.69) is 39.3 Å². The number of aryl methyl sites for hydroxylation is 1. The van der Waals surface area contributed by atoms with Gasteiger partial charge < -0.3 is 16.0 Å². The maximum absolute atomic E-state index is 12.9. The first kappa shape index (κ1) is 23.4. The number of aliphatic imine (C=N–C) groups is 1. The highest BCUT2D eigenvalue weighted by molar-refractivity contribution is 14.0. The van der Waals surface area contributed by atoms with E-state index in [1.165, 1.54) is 22.6 Å². The van der Waals surface area contributed by atoms with E-state index >= 15 is 0 Å². The Morgan fingerprint density at radius 2 is 1.81 bits per heavy atom. The molecule has 0 bridgehead atoms. The summed E-state index contributed by atoms with van der Waals surface area (Å²) in [6, 6.07) is 8.05. The molecule has 0 saturated heterocycles. The molecule has 1 heterocycles. The number of nitrogens with zero attached hydrogens (tertiary/aromatic N) is 1. The lowest BCUT2D eigenvalue weighted by molar-refractivity contribution is -0.120. The molecule has 148 valence electrons. The normalized spacial score (nSPS) is 10.9. The zero-order valence-corrected chi connectivity index (χ0v) is 18.7. The van der Waals surface area contributed by atoms with Gasteiger partial charge in [0, 0.05) is 24.5 Å². The molecule has 1 amide bonds. The van der Waals surface area contributed by atoms with Crippen LogP contribution in [0.4, 0.5) is 4.39 Å². The lowest BCUT2D eigenvalue weighted by Crippen LogP contribution is -2.41. The van der Waals surface area contributed by atoms with Crippen molar-refractivity contribution in [3.63, 3.8) is 0 Å². The number of guanidine groups is 1. The highest BCUT2D eigenvalue weighted by Crippen LogP contribution is 2.16. The van der Waals surface area contributed by atoms with Crippen molar-refractivity contribution < 1.29 is 9.18 Å². The second kappa shape index (κ2) is 12.7. The predicted octanol–water partition coefficient (Wildman–Crippen LogP) is 3.23. The van der Waals surface area contributed by atoms with Gasteiger partial charge in [-0.15, -0.1) is 35.3 Å². The zero-order valence-electron chi connectivity index (χ0n) is 15.5. The maximum Gasteiger partial charge on any atom is 0.224 e. The fourth-order valence-electron chi connectivity index (χ4n) is 2.29. The summed E-state index contributed by atoms with van der Waals surface area (Å²) >= 11 is 1.70. The first-order valence-corrected chi connectivity index (χ1v) is 9.52. The number of amides is 1. The van der Waals surface area contributed by atoms with Gasteiger partial charge in [0.2, 0.25) is 5.91 Å². The summed E-state index contributed by atoms with van der Waals surface area (Å²) in [5.41, 5.74) is 2.04. The molecule has 0 saturated carbocycles. The quantitative estimate of drug-likeness (QED) is 0.224. The van der Waals surface area contributed by atoms with Crippen molar-refractivity contribution in [2.75, 3.05) is 19.6 Å². The van der Waals surface area contributed by atoms with Crippen LogP contribution >= 0.6 is 35.3 Å². The van der Waals surface area contributed by atoms with Crippen molar-refractivity contribution in [2.45, 2.75) is 26.8 Å². The van der Waals surface area contributed by atoms with Crippen molar-refractivity contribution in [1.29, 1.82) is 0 Å². The third kappa shape index (κ3) is 8.70. The minimum atomic E-state index is -0.300. The number of carbonyl (C=O) groups is 1. The molecular formula is C19H26FIN4OS. The topological polar surface area (TPSA) is 65.5 Å². The lowest BCUT2D eigenvalue weighted by atomic mass is 10.1. The van der Waals surface area contributed by atoms with Crippen LogP contribution in [0, 0.1) is 12.7 Å². The van der Waals surface area contributed by atoms with Crippen LogP contribution in [0.3, 0.4) is 0 Å². The van der Waals surface area contributed by atoms with E-state index in [-0.39, 0.29) is 42.1 Å². The summed E-state index contributed by atoms with van der Waals surface area (Å²) < 4.78 is 12.9. The van der Waals surface area contributed by atoms with Gasteiger partial charge >= 0.3 is 0 Å². The average molecular weight is 504 g/mol. The van der Waals surface area contributed by atoms with Crippen LogP contribution in [0.2, 0.25) is 0 Å². The smallest absolute Gasteiger partial charge is 0.224 e. The average Bonchev–Trinajstić information content (AvgIpc) is 3.03. The standard InChI is InChI=1S/C19H25FN4OS.HI/c1-3-21-19(24-13-17-14(2)8-11-26-17)23-10-9-22-18(25)12-15-4-6-16(20)7-5-15;/h4-8,11H,3,9-10,12-13H2,1-2H3,(H,22,25)(H2,21,23,24);1H. The molecule has 1 aromatic carbocycles. The highest BCUT2D eigenvalue weighted by atomic mass is 127. The van der Waals surface area contributed by atoms with Crippen LogP contribution in [0.15, 0.2) is 40.7 Å². The number of benzene rings is 1. The largest absolute Gasteiger partial charge is 0.357 e. The van der Waals surface area contributed by atoms with Gasteiger partial charge in [0.1, 0.15) is 5.82 Å². The van der Waals surface area contributed by atoms with Crippen molar-refractivity contribution in [3.05, 3.63) is 57.5 Å². The fraction of sp³-hybridized carbons (Fsp3) is 0.368. The van der Waals surface area contributed by atoms with Gasteiger partial charge in [-0.3, -0.25) is 4.79 Å². The van der Waals surface area contributed by atoms with E-state index in [9.17, 15) is 9.18 Å². The number of hydrogen-bond donors (Lipinski definition) is 3. The second-order valence-electron chi connectivity index (χ2n) is 5.80. The minimum absolute atomic E-state index is 0. The van der Waals surface area contributed by atoms with Crippen molar-refractivity contribution in [3.8, 4) is 0 Å². The predicted molar refractivity (Wildman–Crippen MR) is 120 cm³/mol. The molecular weight excluding hydrogens is 478 g/mol. The number of carbonyl (C=O) groups excluding carboxylic acids is 1. The number of hydrogen-bond acceptors (Lipinski definition) is 3. The molecule has 1 aromatic heterocycles. The van der Waals surface area contributed by atoms with E-state index in [1.807, 2.05) is 6.92 Å². The summed E-state index contributed by atoms with van der Waals surface area (Å²) in [4.78, 5) is 17.7. The molecule has 8 heteroatoms. The van der Waals surface area contributed by atoms with Crippen molar-refractivity contribution in [2.24, 2.45) is 4.99 Å². The summed E-state index contributed by atoms with van der Waals surface area (Å²) in [5, 5.41) is 11.3.